The number of aryl methyl sites for hydroxylation is 1. The molecule has 11 heteroatoms. The third-order valence-corrected chi connectivity index (χ3v) is 9.89. The van der Waals surface area contributed by atoms with Gasteiger partial charge in [0.2, 0.25) is 15.9 Å². The Labute approximate surface area is 210 Å². The fraction of sp³-hybridized carbons (Fsp3) is 0.520. The second-order valence-electron chi connectivity index (χ2n) is 9.52. The quantitative estimate of drug-likeness (QED) is 0.319. The van der Waals surface area contributed by atoms with Crippen molar-refractivity contribution in [1.82, 2.24) is 14.8 Å². The van der Waals surface area contributed by atoms with Gasteiger partial charge in [-0.1, -0.05) is 24.3 Å². The molecule has 1 saturated heterocycles. The molecular formula is C25H33N3O7S. The van der Waals surface area contributed by atoms with Crippen LogP contribution in [-0.2, 0) is 14.8 Å². The summed E-state index contributed by atoms with van der Waals surface area (Å²) in [7, 11) is -4.24. The van der Waals surface area contributed by atoms with Crippen molar-refractivity contribution in [3.8, 4) is 17.1 Å². The van der Waals surface area contributed by atoms with Gasteiger partial charge < -0.3 is 14.9 Å². The summed E-state index contributed by atoms with van der Waals surface area (Å²) in [4.78, 5) is 17.0. The van der Waals surface area contributed by atoms with Gasteiger partial charge in [-0.3, -0.25) is 10.0 Å². The molecule has 2 fully saturated rings. The van der Waals surface area contributed by atoms with Crippen LogP contribution in [0.2, 0.25) is 0 Å². The van der Waals surface area contributed by atoms with E-state index in [1.165, 1.54) is 9.79 Å². The number of amides is 1. The molecule has 10 nitrogen and oxygen atoms in total. The van der Waals surface area contributed by atoms with Crippen LogP contribution in [0.3, 0.4) is 0 Å². The van der Waals surface area contributed by atoms with Crippen LogP contribution in [0, 0.1) is 6.92 Å². The fourth-order valence-corrected chi connectivity index (χ4v) is 7.57. The van der Waals surface area contributed by atoms with Crippen molar-refractivity contribution in [3.05, 3.63) is 47.5 Å². The Morgan fingerprint density at radius 3 is 2.42 bits per heavy atom. The van der Waals surface area contributed by atoms with E-state index in [0.717, 1.165) is 22.4 Å². The highest BCUT2D eigenvalue weighted by Gasteiger charge is 2.60. The molecule has 3 atom stereocenters. The molecule has 1 saturated carbocycles. The number of hydrogen-bond acceptors (Lipinski definition) is 8. The molecule has 4 rings (SSSR count). The smallest absolute Gasteiger partial charge is 0.266 e. The van der Waals surface area contributed by atoms with Crippen LogP contribution < -0.4 is 10.2 Å². The van der Waals surface area contributed by atoms with E-state index < -0.39 is 45.7 Å². The zero-order valence-electron chi connectivity index (χ0n) is 20.4. The predicted octanol–water partition coefficient (Wildman–Crippen LogP) is 1.72. The minimum atomic E-state index is -4.24. The Hall–Kier alpha value is -2.57. The zero-order chi connectivity index (χ0) is 26.1. The maximum Gasteiger partial charge on any atom is 0.266 e. The van der Waals surface area contributed by atoms with E-state index in [0.29, 0.717) is 25.3 Å². The summed E-state index contributed by atoms with van der Waals surface area (Å²) in [6.07, 6.45) is -2.56. The van der Waals surface area contributed by atoms with Crippen LogP contribution in [0.15, 0.2) is 36.4 Å². The number of carbonyl (C=O) groups is 1. The number of benzene rings is 1. The molecule has 4 N–H and O–H groups in total. The molecule has 0 radical (unpaired) electrons. The first-order valence-electron chi connectivity index (χ1n) is 12.1. The molecule has 1 aliphatic carbocycles. The van der Waals surface area contributed by atoms with Crippen LogP contribution in [0.4, 0.5) is 0 Å². The molecule has 2 heterocycles. The maximum absolute atomic E-state index is 13.5. The highest BCUT2D eigenvalue weighted by molar-refractivity contribution is 7.91. The Bertz CT molecular complexity index is 1200. The fourth-order valence-electron chi connectivity index (χ4n) is 5.34. The number of aliphatic hydroxyl groups is 2. The maximum atomic E-state index is 13.5. The highest BCUT2D eigenvalue weighted by Crippen LogP contribution is 2.41. The second-order valence-corrected chi connectivity index (χ2v) is 11.8. The Kier molecular flexibility index (Phi) is 7.67. The molecule has 0 spiro atoms. The molecule has 0 unspecified atom stereocenters. The van der Waals surface area contributed by atoms with Gasteiger partial charge in [0.1, 0.15) is 0 Å². The average Bonchev–Trinajstić information content (AvgIpc) is 3.19. The summed E-state index contributed by atoms with van der Waals surface area (Å²) in [6.45, 7) is 4.85. The van der Waals surface area contributed by atoms with Crippen LogP contribution in [-0.4, -0.2) is 75.7 Å². The van der Waals surface area contributed by atoms with Gasteiger partial charge >= 0.3 is 0 Å². The molecule has 196 valence electrons. The molecule has 2 aromatic rings. The van der Waals surface area contributed by atoms with E-state index >= 15 is 0 Å². The van der Waals surface area contributed by atoms with Crippen LogP contribution in [0.25, 0.3) is 11.3 Å². The van der Waals surface area contributed by atoms with Gasteiger partial charge in [-0.25, -0.2) is 23.2 Å². The first-order chi connectivity index (χ1) is 17.1. The van der Waals surface area contributed by atoms with Crippen molar-refractivity contribution >= 4 is 15.9 Å². The Morgan fingerprint density at radius 2 is 1.83 bits per heavy atom. The average molecular weight is 520 g/mol. The summed E-state index contributed by atoms with van der Waals surface area (Å²) in [6, 6.07) is 11.8. The van der Waals surface area contributed by atoms with Crippen LogP contribution in [0.1, 0.15) is 49.7 Å². The predicted molar refractivity (Wildman–Crippen MR) is 132 cm³/mol. The van der Waals surface area contributed by atoms with E-state index in [2.05, 4.69) is 11.1 Å². The van der Waals surface area contributed by atoms with E-state index in [4.69, 9.17) is 4.74 Å². The van der Waals surface area contributed by atoms with E-state index in [-0.39, 0.29) is 19.0 Å². The van der Waals surface area contributed by atoms with Gasteiger partial charge in [-0.05, 0) is 49.8 Å². The molecule has 1 aromatic carbocycles. The normalized spacial score (nSPS) is 25.6. The number of aliphatic hydroxyl groups excluding tert-OH is 2. The van der Waals surface area contributed by atoms with E-state index in [1.807, 2.05) is 44.2 Å². The highest BCUT2D eigenvalue weighted by atomic mass is 32.2. The summed E-state index contributed by atoms with van der Waals surface area (Å²) in [5.74, 6) is -0.426. The molecule has 1 aromatic heterocycles. The number of piperidine rings is 1. The number of rotatable bonds is 7. The van der Waals surface area contributed by atoms with Crippen molar-refractivity contribution in [2.75, 3.05) is 19.7 Å². The number of aromatic nitrogens is 1. The first kappa shape index (κ1) is 26.5. The Balaban J connectivity index is 1.49. The van der Waals surface area contributed by atoms with E-state index in [1.54, 1.807) is 0 Å². The van der Waals surface area contributed by atoms with Crippen molar-refractivity contribution in [1.29, 1.82) is 0 Å². The molecular weight excluding hydrogens is 486 g/mol. The lowest BCUT2D eigenvalue weighted by molar-refractivity contribution is -0.132. The summed E-state index contributed by atoms with van der Waals surface area (Å²) < 4.78 is 31.6. The van der Waals surface area contributed by atoms with Gasteiger partial charge in [0.25, 0.3) is 5.91 Å². The lowest BCUT2D eigenvalue weighted by Gasteiger charge is -2.37. The molecule has 1 aliphatic heterocycles. The number of sulfonamides is 1. The van der Waals surface area contributed by atoms with Gasteiger partial charge in [-0.2, -0.15) is 0 Å². The van der Waals surface area contributed by atoms with Crippen molar-refractivity contribution in [3.63, 3.8) is 0 Å². The zero-order valence-corrected chi connectivity index (χ0v) is 21.2. The minimum absolute atomic E-state index is 0.134. The van der Waals surface area contributed by atoms with Crippen molar-refractivity contribution < 1.29 is 33.4 Å². The van der Waals surface area contributed by atoms with Crippen LogP contribution in [0.5, 0.6) is 5.88 Å². The second kappa shape index (κ2) is 10.4. The topological polar surface area (TPSA) is 149 Å². The number of nitrogens with zero attached hydrogens (tertiary/aromatic N) is 2. The number of hydroxylamine groups is 1. The summed E-state index contributed by atoms with van der Waals surface area (Å²) >= 11 is 0. The van der Waals surface area contributed by atoms with Gasteiger partial charge in [-0.15, -0.1) is 0 Å². The number of nitrogens with one attached hydrogen (secondary N) is 1. The summed E-state index contributed by atoms with van der Waals surface area (Å²) in [5, 5.41) is 29.2. The largest absolute Gasteiger partial charge is 0.478 e. The van der Waals surface area contributed by atoms with Gasteiger partial charge in [0.05, 0.1) is 24.5 Å². The Morgan fingerprint density at radius 1 is 1.17 bits per heavy atom. The number of ether oxygens (including phenoxy) is 1. The molecule has 1 amide bonds. The SMILES string of the molecule is CCOc1cccc(-c2ccc(C3CCN(S(=O)(=O)[C@]4(C(=O)NO)C[C@@H](O)[C@@H](O)C4)CC3)cc2C)n1. The third-order valence-electron chi connectivity index (χ3n) is 7.34. The molecule has 2 aliphatic rings. The van der Waals surface area contributed by atoms with Crippen molar-refractivity contribution in [2.45, 2.75) is 62.4 Å². The van der Waals surface area contributed by atoms with Gasteiger partial charge in [0.15, 0.2) is 4.75 Å². The third kappa shape index (κ3) is 4.73. The summed E-state index contributed by atoms with van der Waals surface area (Å²) in [5.41, 5.74) is 5.39. The number of carbonyl (C=O) groups excluding carboxylic acids is 1. The minimum Gasteiger partial charge on any atom is -0.478 e. The molecule has 0 bridgehead atoms. The monoisotopic (exact) mass is 519 g/mol. The van der Waals surface area contributed by atoms with Crippen LogP contribution >= 0.6 is 0 Å². The lowest BCUT2D eigenvalue weighted by atomic mass is 9.88. The number of pyridine rings is 1. The van der Waals surface area contributed by atoms with Gasteiger partial charge in [0, 0.05) is 37.6 Å². The number of hydrogen-bond donors (Lipinski definition) is 4. The van der Waals surface area contributed by atoms with Crippen molar-refractivity contribution in [2.24, 2.45) is 0 Å². The molecule has 36 heavy (non-hydrogen) atoms. The van der Waals surface area contributed by atoms with E-state index in [9.17, 15) is 28.6 Å². The standard InChI is InChI=1S/C25H33N3O7S/c1-3-35-23-6-4-5-20(26-23)19-8-7-18(13-16(19)2)17-9-11-28(12-10-17)36(33,34)25(24(31)27-32)14-21(29)22(30)15-25/h4-8,13,17,21-22,29-30,32H,3,9-12,14-15H2,1-2H3,(H,27,31)/t21-,22+,25-. The first-order valence-corrected chi connectivity index (χ1v) is 13.6. The lowest BCUT2D eigenvalue weighted by Crippen LogP contribution is -2.57.